The number of nitrogens with zero attached hydrogens (tertiary/aromatic N) is 2. The quantitative estimate of drug-likeness (QED) is 0.519. The normalized spacial score (nSPS) is 11.7. The molecule has 8 heteroatoms. The standard InChI is InChI=1S/C23H30FN3O4/c1-4-6-7-13-25-23(30)27(3)21-10-8-9-19(26-21)17-12-11-16(18(24)14-17)15-20(22(28)29)31-5-2/h8-12,14,20H,4-7,13,15H2,1-3H3,(H,25,30)(H,28,29)/t20-/m0/s1. The number of unbranched alkanes of at least 4 members (excludes halogenated alkanes) is 2. The number of benzene rings is 1. The molecule has 1 aromatic heterocycles. The molecule has 0 aliphatic heterocycles. The van der Waals surface area contributed by atoms with Crippen LogP contribution in [0.2, 0.25) is 0 Å². The second kappa shape index (κ2) is 12.0. The second-order valence-corrected chi connectivity index (χ2v) is 7.17. The van der Waals surface area contributed by atoms with Crippen LogP contribution in [0.4, 0.5) is 15.0 Å². The van der Waals surface area contributed by atoms with E-state index in [0.717, 1.165) is 19.3 Å². The lowest BCUT2D eigenvalue weighted by atomic mass is 10.0. The zero-order chi connectivity index (χ0) is 22.8. The molecule has 7 nitrogen and oxygen atoms in total. The number of aromatic nitrogens is 1. The summed E-state index contributed by atoms with van der Waals surface area (Å²) in [7, 11) is 1.63. The van der Waals surface area contributed by atoms with Crippen LogP contribution < -0.4 is 10.2 Å². The van der Waals surface area contributed by atoms with E-state index >= 15 is 0 Å². The molecule has 1 heterocycles. The summed E-state index contributed by atoms with van der Waals surface area (Å²) < 4.78 is 19.8. The summed E-state index contributed by atoms with van der Waals surface area (Å²) in [5.74, 6) is -1.22. The Kier molecular flexibility index (Phi) is 9.40. The number of hydrogen-bond acceptors (Lipinski definition) is 4. The van der Waals surface area contributed by atoms with E-state index in [9.17, 15) is 19.1 Å². The molecule has 2 amide bonds. The maximum Gasteiger partial charge on any atom is 0.333 e. The number of carboxylic acid groups (broad SMARTS) is 1. The molecule has 1 atom stereocenters. The van der Waals surface area contributed by atoms with E-state index in [2.05, 4.69) is 17.2 Å². The van der Waals surface area contributed by atoms with Gasteiger partial charge >= 0.3 is 12.0 Å². The summed E-state index contributed by atoms with van der Waals surface area (Å²) in [4.78, 5) is 29.5. The van der Waals surface area contributed by atoms with E-state index in [0.29, 0.717) is 23.6 Å². The molecule has 0 spiro atoms. The first-order valence-electron chi connectivity index (χ1n) is 10.5. The first-order valence-corrected chi connectivity index (χ1v) is 10.5. The third-order valence-corrected chi connectivity index (χ3v) is 4.84. The molecule has 2 N–H and O–H groups in total. The fourth-order valence-corrected chi connectivity index (χ4v) is 3.05. The Hall–Kier alpha value is -3.00. The molecule has 168 valence electrons. The van der Waals surface area contributed by atoms with Crippen LogP contribution in [-0.4, -0.2) is 48.4 Å². The van der Waals surface area contributed by atoms with Crippen LogP contribution in [0.15, 0.2) is 36.4 Å². The first kappa shape index (κ1) is 24.3. The van der Waals surface area contributed by atoms with Gasteiger partial charge in [0.25, 0.3) is 0 Å². The van der Waals surface area contributed by atoms with Crippen LogP contribution in [0.5, 0.6) is 0 Å². The molecule has 0 saturated carbocycles. The van der Waals surface area contributed by atoms with Crippen molar-refractivity contribution in [2.45, 2.75) is 45.6 Å². The van der Waals surface area contributed by atoms with Crippen LogP contribution in [0.1, 0.15) is 38.7 Å². The number of amides is 2. The van der Waals surface area contributed by atoms with E-state index in [1.807, 2.05) is 0 Å². The lowest BCUT2D eigenvalue weighted by Gasteiger charge is -2.18. The van der Waals surface area contributed by atoms with Crippen molar-refractivity contribution in [1.82, 2.24) is 10.3 Å². The zero-order valence-electron chi connectivity index (χ0n) is 18.2. The minimum Gasteiger partial charge on any atom is -0.479 e. The highest BCUT2D eigenvalue weighted by molar-refractivity contribution is 5.90. The van der Waals surface area contributed by atoms with Crippen molar-refractivity contribution in [3.05, 3.63) is 47.8 Å². The van der Waals surface area contributed by atoms with E-state index in [-0.39, 0.29) is 24.6 Å². The minimum absolute atomic E-state index is 0.0658. The Morgan fingerprint density at radius 1 is 1.23 bits per heavy atom. The molecule has 0 saturated heterocycles. The van der Waals surface area contributed by atoms with Gasteiger partial charge in [-0.2, -0.15) is 0 Å². The summed E-state index contributed by atoms with van der Waals surface area (Å²) in [5.41, 5.74) is 1.29. The highest BCUT2D eigenvalue weighted by Gasteiger charge is 2.20. The third-order valence-electron chi connectivity index (χ3n) is 4.84. The number of hydrogen-bond donors (Lipinski definition) is 2. The van der Waals surface area contributed by atoms with Gasteiger partial charge in [-0.05, 0) is 37.1 Å². The van der Waals surface area contributed by atoms with Crippen molar-refractivity contribution >= 4 is 17.8 Å². The largest absolute Gasteiger partial charge is 0.479 e. The summed E-state index contributed by atoms with van der Waals surface area (Å²) in [5, 5.41) is 12.1. The summed E-state index contributed by atoms with van der Waals surface area (Å²) >= 11 is 0. The lowest BCUT2D eigenvalue weighted by molar-refractivity contribution is -0.150. The number of pyridine rings is 1. The molecule has 0 aliphatic rings. The van der Waals surface area contributed by atoms with E-state index in [4.69, 9.17) is 4.74 Å². The molecule has 0 fully saturated rings. The fraction of sp³-hybridized carbons (Fsp3) is 0.435. The third kappa shape index (κ3) is 7.03. The number of aliphatic carboxylic acids is 1. The number of carbonyl (C=O) groups excluding carboxylic acids is 1. The second-order valence-electron chi connectivity index (χ2n) is 7.17. The Bertz CT molecular complexity index is 891. The van der Waals surface area contributed by atoms with Gasteiger partial charge in [-0.3, -0.25) is 4.90 Å². The maximum atomic E-state index is 14.6. The number of anilines is 1. The number of carbonyl (C=O) groups is 2. The van der Waals surface area contributed by atoms with Gasteiger partial charge in [-0.25, -0.2) is 19.0 Å². The highest BCUT2D eigenvalue weighted by atomic mass is 19.1. The number of urea groups is 1. The zero-order valence-corrected chi connectivity index (χ0v) is 18.2. The van der Waals surface area contributed by atoms with Gasteiger partial charge < -0.3 is 15.2 Å². The highest BCUT2D eigenvalue weighted by Crippen LogP contribution is 2.23. The van der Waals surface area contributed by atoms with Crippen molar-refractivity contribution in [2.75, 3.05) is 25.1 Å². The molecule has 0 radical (unpaired) electrons. The number of ether oxygens (including phenoxy) is 1. The first-order chi connectivity index (χ1) is 14.9. The summed E-state index contributed by atoms with van der Waals surface area (Å²) in [6.07, 6.45) is 1.88. The average Bonchev–Trinajstić information content (AvgIpc) is 2.76. The smallest absolute Gasteiger partial charge is 0.333 e. The predicted molar refractivity (Wildman–Crippen MR) is 118 cm³/mol. The Morgan fingerprint density at radius 3 is 2.65 bits per heavy atom. The molecule has 1 aromatic carbocycles. The molecule has 31 heavy (non-hydrogen) atoms. The van der Waals surface area contributed by atoms with Gasteiger partial charge in [0.2, 0.25) is 0 Å². The maximum absolute atomic E-state index is 14.6. The number of halogens is 1. The molecular weight excluding hydrogens is 401 g/mol. The average molecular weight is 432 g/mol. The monoisotopic (exact) mass is 431 g/mol. The van der Waals surface area contributed by atoms with Gasteiger partial charge in [0.1, 0.15) is 11.6 Å². The van der Waals surface area contributed by atoms with Gasteiger partial charge in [-0.15, -0.1) is 0 Å². The molecule has 0 aliphatic carbocycles. The van der Waals surface area contributed by atoms with Gasteiger partial charge in [0.15, 0.2) is 6.10 Å². The van der Waals surface area contributed by atoms with Gasteiger partial charge in [0, 0.05) is 32.2 Å². The molecule has 0 bridgehead atoms. The Labute approximate surface area is 182 Å². The van der Waals surface area contributed by atoms with Crippen LogP contribution >= 0.6 is 0 Å². The van der Waals surface area contributed by atoms with Crippen molar-refractivity contribution in [3.63, 3.8) is 0 Å². The van der Waals surface area contributed by atoms with E-state index in [1.54, 1.807) is 38.2 Å². The summed E-state index contributed by atoms with van der Waals surface area (Å²) in [6.45, 7) is 4.62. The van der Waals surface area contributed by atoms with Crippen LogP contribution in [0, 0.1) is 5.82 Å². The van der Waals surface area contributed by atoms with Gasteiger partial charge in [-0.1, -0.05) is 38.0 Å². The van der Waals surface area contributed by atoms with Crippen LogP contribution in [0.3, 0.4) is 0 Å². The van der Waals surface area contributed by atoms with Gasteiger partial charge in [0.05, 0.1) is 5.69 Å². The molecule has 2 rings (SSSR count). The van der Waals surface area contributed by atoms with Crippen molar-refractivity contribution in [2.24, 2.45) is 0 Å². The minimum atomic E-state index is -1.13. The van der Waals surface area contributed by atoms with E-state index < -0.39 is 17.9 Å². The number of rotatable bonds is 11. The van der Waals surface area contributed by atoms with Crippen LogP contribution in [0.25, 0.3) is 11.3 Å². The topological polar surface area (TPSA) is 91.8 Å². The molecule has 0 unspecified atom stereocenters. The van der Waals surface area contributed by atoms with Crippen molar-refractivity contribution < 1.29 is 23.8 Å². The molecule has 2 aromatic rings. The Morgan fingerprint density at radius 2 is 2.00 bits per heavy atom. The number of nitrogens with one attached hydrogen (secondary N) is 1. The Balaban J connectivity index is 2.14. The van der Waals surface area contributed by atoms with Crippen molar-refractivity contribution in [3.8, 4) is 11.3 Å². The van der Waals surface area contributed by atoms with Crippen molar-refractivity contribution in [1.29, 1.82) is 0 Å². The molecular formula is C23H30FN3O4. The lowest BCUT2D eigenvalue weighted by Crippen LogP contribution is -2.38. The SMILES string of the molecule is CCCCCNC(=O)N(C)c1cccc(-c2ccc(C[C@H](OCC)C(=O)O)c(F)c2)n1. The van der Waals surface area contributed by atoms with E-state index in [1.165, 1.54) is 17.0 Å². The summed E-state index contributed by atoms with van der Waals surface area (Å²) in [6, 6.07) is 9.47. The fourth-order valence-electron chi connectivity index (χ4n) is 3.05. The number of carboxylic acids is 1. The predicted octanol–water partition coefficient (Wildman–Crippen LogP) is 4.26. The van der Waals surface area contributed by atoms with Crippen LogP contribution in [-0.2, 0) is 16.0 Å².